The van der Waals surface area contributed by atoms with E-state index >= 15 is 0 Å². The molecule has 0 saturated carbocycles. The number of benzene rings is 1. The molecule has 0 amide bonds. The average Bonchev–Trinajstić information content (AvgIpc) is 2.97. The lowest BCUT2D eigenvalue weighted by atomic mass is 10.2. The van der Waals surface area contributed by atoms with Crippen molar-refractivity contribution in [1.29, 1.82) is 0 Å². The number of nitrogens with one attached hydrogen (secondary N) is 1. The van der Waals surface area contributed by atoms with Gasteiger partial charge in [0.25, 0.3) is 0 Å². The van der Waals surface area contributed by atoms with Crippen LogP contribution in [0.2, 0.25) is 0 Å². The predicted octanol–water partition coefficient (Wildman–Crippen LogP) is 1.57. The molecule has 0 bridgehead atoms. The number of rotatable bonds is 4. The summed E-state index contributed by atoms with van der Waals surface area (Å²) in [4.78, 5) is 0.121. The quantitative estimate of drug-likeness (QED) is 0.843. The standard InChI is InChI=1S/C14H13NO3S2/c16-8-3-5-13-4-1-2-6-14(13)20(17,18)15-10-12-7-9-19-11-12/h1-2,4,6-7,9,11,15-16H,8,10H2. The monoisotopic (exact) mass is 307 g/mol. The number of aliphatic hydroxyl groups is 1. The predicted molar refractivity (Wildman–Crippen MR) is 78.8 cm³/mol. The molecule has 0 aliphatic rings. The van der Waals surface area contributed by atoms with Crippen molar-refractivity contribution < 1.29 is 13.5 Å². The lowest BCUT2D eigenvalue weighted by Gasteiger charge is -2.07. The van der Waals surface area contributed by atoms with E-state index in [1.165, 1.54) is 17.4 Å². The van der Waals surface area contributed by atoms with Gasteiger partial charge in [-0.25, -0.2) is 13.1 Å². The fourth-order valence-corrected chi connectivity index (χ4v) is 3.44. The molecule has 0 atom stereocenters. The highest BCUT2D eigenvalue weighted by molar-refractivity contribution is 7.89. The highest BCUT2D eigenvalue weighted by Gasteiger charge is 2.16. The van der Waals surface area contributed by atoms with Gasteiger partial charge in [-0.15, -0.1) is 0 Å². The normalized spacial score (nSPS) is 10.8. The minimum absolute atomic E-state index is 0.121. The van der Waals surface area contributed by atoms with Gasteiger partial charge in [0.15, 0.2) is 0 Å². The molecule has 1 heterocycles. The molecular weight excluding hydrogens is 294 g/mol. The maximum absolute atomic E-state index is 12.3. The van der Waals surface area contributed by atoms with E-state index in [0.29, 0.717) is 5.56 Å². The highest BCUT2D eigenvalue weighted by Crippen LogP contribution is 2.15. The van der Waals surface area contributed by atoms with Gasteiger partial charge in [-0.1, -0.05) is 24.0 Å². The Labute approximate surface area is 122 Å². The molecule has 1 aromatic heterocycles. The summed E-state index contributed by atoms with van der Waals surface area (Å²) in [6.07, 6.45) is 0. The lowest BCUT2D eigenvalue weighted by Crippen LogP contribution is -2.23. The summed E-state index contributed by atoms with van der Waals surface area (Å²) in [6, 6.07) is 8.33. The van der Waals surface area contributed by atoms with Crippen molar-refractivity contribution in [3.05, 3.63) is 52.2 Å². The Hall–Kier alpha value is -1.65. The van der Waals surface area contributed by atoms with E-state index in [9.17, 15) is 8.42 Å². The Morgan fingerprint density at radius 2 is 2.05 bits per heavy atom. The van der Waals surface area contributed by atoms with Crippen LogP contribution < -0.4 is 4.72 Å². The van der Waals surface area contributed by atoms with Crippen LogP contribution in [0.3, 0.4) is 0 Å². The second-order valence-corrected chi connectivity index (χ2v) is 6.43. The highest BCUT2D eigenvalue weighted by atomic mass is 32.2. The fraction of sp³-hybridized carbons (Fsp3) is 0.143. The molecule has 6 heteroatoms. The van der Waals surface area contributed by atoms with Crippen molar-refractivity contribution in [2.75, 3.05) is 6.61 Å². The van der Waals surface area contributed by atoms with Gasteiger partial charge in [-0.05, 0) is 34.5 Å². The lowest BCUT2D eigenvalue weighted by molar-refractivity contribution is 0.350. The Balaban J connectivity index is 2.25. The van der Waals surface area contributed by atoms with Crippen LogP contribution in [0, 0.1) is 11.8 Å². The summed E-state index contributed by atoms with van der Waals surface area (Å²) in [5.74, 6) is 5.11. The molecule has 0 radical (unpaired) electrons. The molecule has 20 heavy (non-hydrogen) atoms. The second-order valence-electron chi connectivity index (χ2n) is 3.91. The Kier molecular flexibility index (Phi) is 4.93. The van der Waals surface area contributed by atoms with Crippen molar-refractivity contribution in [3.8, 4) is 11.8 Å². The molecule has 104 valence electrons. The zero-order valence-corrected chi connectivity index (χ0v) is 12.2. The molecule has 0 aliphatic carbocycles. The largest absolute Gasteiger partial charge is 0.384 e. The van der Waals surface area contributed by atoms with Crippen molar-refractivity contribution in [2.24, 2.45) is 0 Å². The topological polar surface area (TPSA) is 66.4 Å². The summed E-state index contributed by atoms with van der Waals surface area (Å²) in [5.41, 5.74) is 1.29. The van der Waals surface area contributed by atoms with E-state index in [0.717, 1.165) is 5.56 Å². The van der Waals surface area contributed by atoms with Crippen LogP contribution >= 0.6 is 11.3 Å². The van der Waals surface area contributed by atoms with E-state index in [1.807, 2.05) is 16.8 Å². The average molecular weight is 307 g/mol. The summed E-state index contributed by atoms with van der Waals surface area (Å²) in [6.45, 7) is -0.0652. The number of aliphatic hydroxyl groups excluding tert-OH is 1. The fourth-order valence-electron chi connectivity index (χ4n) is 1.59. The minimum Gasteiger partial charge on any atom is -0.384 e. The van der Waals surface area contributed by atoms with Crippen LogP contribution in [-0.2, 0) is 16.6 Å². The zero-order valence-electron chi connectivity index (χ0n) is 10.5. The number of hydrogen-bond donors (Lipinski definition) is 2. The van der Waals surface area contributed by atoms with Gasteiger partial charge >= 0.3 is 0 Å². The number of thiophene rings is 1. The third-order valence-corrected chi connectivity index (χ3v) is 4.72. The van der Waals surface area contributed by atoms with Gasteiger partial charge in [-0.2, -0.15) is 11.3 Å². The van der Waals surface area contributed by atoms with Gasteiger partial charge in [0, 0.05) is 12.1 Å². The first kappa shape index (κ1) is 14.8. The van der Waals surface area contributed by atoms with Crippen LogP contribution in [0.1, 0.15) is 11.1 Å². The van der Waals surface area contributed by atoms with E-state index in [1.54, 1.807) is 18.2 Å². The van der Waals surface area contributed by atoms with Crippen molar-refractivity contribution in [1.82, 2.24) is 4.72 Å². The summed E-state index contributed by atoms with van der Waals surface area (Å²) < 4.78 is 27.1. The smallest absolute Gasteiger partial charge is 0.242 e. The first-order valence-corrected chi connectivity index (χ1v) is 8.25. The van der Waals surface area contributed by atoms with Gasteiger partial charge in [0.1, 0.15) is 6.61 Å². The van der Waals surface area contributed by atoms with Gasteiger partial charge < -0.3 is 5.11 Å². The first-order valence-electron chi connectivity index (χ1n) is 5.83. The van der Waals surface area contributed by atoms with Crippen molar-refractivity contribution >= 4 is 21.4 Å². The van der Waals surface area contributed by atoms with Gasteiger partial charge in [0.2, 0.25) is 10.0 Å². The van der Waals surface area contributed by atoms with Crippen LogP contribution in [0.25, 0.3) is 0 Å². The summed E-state index contributed by atoms with van der Waals surface area (Å²) >= 11 is 1.52. The Morgan fingerprint density at radius 1 is 1.25 bits per heavy atom. The third kappa shape index (κ3) is 3.68. The second kappa shape index (κ2) is 6.68. The Morgan fingerprint density at radius 3 is 2.75 bits per heavy atom. The van der Waals surface area contributed by atoms with Gasteiger partial charge in [-0.3, -0.25) is 0 Å². The molecule has 0 aliphatic heterocycles. The van der Waals surface area contributed by atoms with Crippen LogP contribution in [0.15, 0.2) is 46.0 Å². The van der Waals surface area contributed by atoms with E-state index in [4.69, 9.17) is 5.11 Å². The van der Waals surface area contributed by atoms with Crippen molar-refractivity contribution in [2.45, 2.75) is 11.4 Å². The maximum atomic E-state index is 12.3. The SMILES string of the molecule is O=S(=O)(NCc1ccsc1)c1ccccc1C#CCO. The van der Waals surface area contributed by atoms with Crippen LogP contribution in [0.5, 0.6) is 0 Å². The van der Waals surface area contributed by atoms with Crippen molar-refractivity contribution in [3.63, 3.8) is 0 Å². The molecule has 0 fully saturated rings. The minimum atomic E-state index is -3.63. The first-order chi connectivity index (χ1) is 9.63. The van der Waals surface area contributed by atoms with Crippen LogP contribution in [0.4, 0.5) is 0 Å². The van der Waals surface area contributed by atoms with Crippen LogP contribution in [-0.4, -0.2) is 20.1 Å². The van der Waals surface area contributed by atoms with E-state index < -0.39 is 10.0 Å². The summed E-state index contributed by atoms with van der Waals surface area (Å²) in [7, 11) is -3.63. The molecule has 2 aromatic rings. The zero-order chi connectivity index (χ0) is 14.4. The van der Waals surface area contributed by atoms with E-state index in [2.05, 4.69) is 16.6 Å². The maximum Gasteiger partial charge on any atom is 0.242 e. The Bertz CT molecular complexity index is 725. The molecular formula is C14H13NO3S2. The molecule has 0 unspecified atom stereocenters. The molecule has 0 spiro atoms. The van der Waals surface area contributed by atoms with E-state index in [-0.39, 0.29) is 18.0 Å². The van der Waals surface area contributed by atoms with Gasteiger partial charge in [0.05, 0.1) is 4.90 Å². The molecule has 2 rings (SSSR count). The molecule has 2 N–H and O–H groups in total. The molecule has 1 aromatic carbocycles. The molecule has 4 nitrogen and oxygen atoms in total. The molecule has 0 saturated heterocycles. The summed E-state index contributed by atoms with van der Waals surface area (Å²) in [5, 5.41) is 12.5. The third-order valence-electron chi connectivity index (χ3n) is 2.53. The number of hydrogen-bond acceptors (Lipinski definition) is 4. The number of sulfonamides is 1.